The van der Waals surface area contributed by atoms with Gasteiger partial charge in [-0.3, -0.25) is 0 Å². The summed E-state index contributed by atoms with van der Waals surface area (Å²) in [5.74, 6) is -1.26. The summed E-state index contributed by atoms with van der Waals surface area (Å²) in [5.41, 5.74) is 0. The molecule has 0 radical (unpaired) electrons. The third kappa shape index (κ3) is 22.0. The number of hydrogen-bond acceptors (Lipinski definition) is 11. The Morgan fingerprint density at radius 2 is 0.938 bits per heavy atom. The van der Waals surface area contributed by atoms with E-state index >= 15 is 0 Å². The van der Waals surface area contributed by atoms with Crippen LogP contribution in [0.5, 0.6) is 0 Å². The number of rotatable bonds is 0. The highest BCUT2D eigenvalue weighted by molar-refractivity contribution is 5.82. The van der Waals surface area contributed by atoms with Gasteiger partial charge < -0.3 is 50.7 Å². The molecule has 272 valence electrons. The van der Waals surface area contributed by atoms with Crippen molar-refractivity contribution in [3.8, 4) is 0 Å². The maximum absolute atomic E-state index is 11.9. The average molecular weight is 679 g/mol. The smallest absolute Gasteiger partial charge is 0.330 e. The van der Waals surface area contributed by atoms with Crippen molar-refractivity contribution < 1.29 is 55.5 Å². The van der Waals surface area contributed by atoms with E-state index < -0.39 is 66.8 Å². The molecule has 11 nitrogen and oxygen atoms in total. The molecule has 0 fully saturated rings. The highest BCUT2D eigenvalue weighted by atomic mass is 16.5. The second-order valence-electron chi connectivity index (χ2n) is 12.7. The van der Waals surface area contributed by atoms with E-state index in [-0.39, 0.29) is 63.9 Å². The topological polar surface area (TPSA) is 208 Å². The fourth-order valence-electron chi connectivity index (χ4n) is 5.05. The molecule has 0 aromatic rings. The van der Waals surface area contributed by atoms with Crippen LogP contribution >= 0.6 is 0 Å². The Labute approximate surface area is 284 Å². The summed E-state index contributed by atoms with van der Waals surface area (Å²) in [5, 5.41) is 93.2. The summed E-state index contributed by atoms with van der Waals surface area (Å²) in [4.78, 5) is 11.9. The quantitative estimate of drug-likeness (QED) is 0.134. The molecule has 0 aromatic heterocycles. The Morgan fingerprint density at radius 1 is 0.521 bits per heavy atom. The molecule has 0 spiro atoms. The number of hydrogen-bond donors (Lipinski definition) is 9. The number of allylic oxidation sites excluding steroid dienone is 10. The van der Waals surface area contributed by atoms with E-state index in [1.807, 2.05) is 24.3 Å². The molecule has 0 saturated carbocycles. The van der Waals surface area contributed by atoms with Crippen LogP contribution in [0.2, 0.25) is 0 Å². The average Bonchev–Trinajstić information content (AvgIpc) is 2.99. The van der Waals surface area contributed by atoms with Crippen LogP contribution in [0.25, 0.3) is 0 Å². The largest absolute Gasteiger partial charge is 0.462 e. The van der Waals surface area contributed by atoms with E-state index in [0.29, 0.717) is 0 Å². The molecule has 0 bridgehead atoms. The summed E-state index contributed by atoms with van der Waals surface area (Å²) in [6.45, 7) is 3.56. The molecule has 1 heterocycles. The van der Waals surface area contributed by atoms with Gasteiger partial charge in [-0.05, 0) is 44.9 Å². The molecule has 11 heteroatoms. The molecule has 0 aliphatic carbocycles. The predicted molar refractivity (Wildman–Crippen MR) is 184 cm³/mol. The van der Waals surface area contributed by atoms with Crippen LogP contribution < -0.4 is 0 Å². The lowest BCUT2D eigenvalue weighted by atomic mass is 9.90. The van der Waals surface area contributed by atoms with Gasteiger partial charge in [0.05, 0.1) is 61.5 Å². The zero-order valence-corrected chi connectivity index (χ0v) is 28.1. The van der Waals surface area contributed by atoms with Crippen molar-refractivity contribution in [2.45, 2.75) is 120 Å². The number of esters is 1. The minimum atomic E-state index is -1.13. The van der Waals surface area contributed by atoms with Gasteiger partial charge in [-0.2, -0.15) is 0 Å². The van der Waals surface area contributed by atoms with Crippen molar-refractivity contribution in [2.24, 2.45) is 11.8 Å². The zero-order valence-electron chi connectivity index (χ0n) is 28.1. The summed E-state index contributed by atoms with van der Waals surface area (Å²) < 4.78 is 5.20. The van der Waals surface area contributed by atoms with Gasteiger partial charge in [0.25, 0.3) is 0 Å². The monoisotopic (exact) mass is 678 g/mol. The molecule has 48 heavy (non-hydrogen) atoms. The van der Waals surface area contributed by atoms with Crippen LogP contribution in [-0.4, -0.2) is 113 Å². The van der Waals surface area contributed by atoms with Crippen molar-refractivity contribution in [3.05, 3.63) is 85.1 Å². The van der Waals surface area contributed by atoms with Crippen molar-refractivity contribution in [1.29, 1.82) is 0 Å². The lowest BCUT2D eigenvalue weighted by molar-refractivity contribution is -0.138. The molecular weight excluding hydrogens is 620 g/mol. The minimum absolute atomic E-state index is 0.0627. The predicted octanol–water partition coefficient (Wildman–Crippen LogP) is 2.08. The Hall–Kier alpha value is -2.71. The van der Waals surface area contributed by atoms with Gasteiger partial charge in [0.1, 0.15) is 0 Å². The summed E-state index contributed by atoms with van der Waals surface area (Å²) >= 11 is 0. The van der Waals surface area contributed by atoms with E-state index in [9.17, 15) is 50.8 Å². The number of aliphatic hydroxyl groups excluding tert-OH is 9. The molecule has 11 unspecified atom stereocenters. The van der Waals surface area contributed by atoms with Crippen LogP contribution in [0.4, 0.5) is 0 Å². The lowest BCUT2D eigenvalue weighted by Gasteiger charge is -2.26. The van der Waals surface area contributed by atoms with Crippen LogP contribution in [-0.2, 0) is 9.53 Å². The fraction of sp³-hybridized carbons (Fsp3) is 0.595. The number of carbonyl (C=O) groups is 1. The van der Waals surface area contributed by atoms with E-state index in [1.54, 1.807) is 62.5 Å². The molecule has 1 aliphatic rings. The first-order valence-corrected chi connectivity index (χ1v) is 16.7. The van der Waals surface area contributed by atoms with Crippen LogP contribution in [0, 0.1) is 11.8 Å². The third-order valence-electron chi connectivity index (χ3n) is 7.86. The van der Waals surface area contributed by atoms with E-state index in [4.69, 9.17) is 4.74 Å². The van der Waals surface area contributed by atoms with Crippen LogP contribution in [0.3, 0.4) is 0 Å². The van der Waals surface area contributed by atoms with Gasteiger partial charge >= 0.3 is 5.97 Å². The van der Waals surface area contributed by atoms with Crippen molar-refractivity contribution >= 4 is 5.97 Å². The highest BCUT2D eigenvalue weighted by Crippen LogP contribution is 2.20. The maximum Gasteiger partial charge on any atom is 0.330 e. The van der Waals surface area contributed by atoms with Crippen LogP contribution in [0.15, 0.2) is 85.1 Å². The van der Waals surface area contributed by atoms with Gasteiger partial charge in [0.15, 0.2) is 0 Å². The van der Waals surface area contributed by atoms with Gasteiger partial charge in [-0.15, -0.1) is 0 Å². The number of ether oxygens (including phenoxy) is 1. The molecule has 0 amide bonds. The first-order chi connectivity index (χ1) is 22.8. The van der Waals surface area contributed by atoms with E-state index in [0.717, 1.165) is 0 Å². The summed E-state index contributed by atoms with van der Waals surface area (Å²) in [6.07, 6.45) is 13.7. The van der Waals surface area contributed by atoms with Gasteiger partial charge in [-0.1, -0.05) is 92.8 Å². The van der Waals surface area contributed by atoms with Gasteiger partial charge in [-0.25, -0.2) is 4.79 Å². The van der Waals surface area contributed by atoms with E-state index in [1.165, 1.54) is 12.2 Å². The van der Waals surface area contributed by atoms with Gasteiger partial charge in [0.2, 0.25) is 0 Å². The summed E-state index contributed by atoms with van der Waals surface area (Å²) in [6, 6.07) is 0. The molecule has 1 rings (SSSR count). The standard InChI is InChI=1S/C37H58O11/c1-26-16-17-28(38)18-29(39)19-30(40)20-31(41)21-32(42)22-33(43)23-34(44)24-36(46)27(2)35(45)14-12-10-8-6-4-3-5-7-9-11-13-15-37(47)48-25-26/h3-13,15-17,26-36,38-46H,14,18-25H2,1-2H3/b4-3+,7-5+,8-6+,11-9+,12-10+,15-13+,17-16+. The van der Waals surface area contributed by atoms with Crippen molar-refractivity contribution in [1.82, 2.24) is 0 Å². The Bertz CT molecular complexity index is 1080. The first kappa shape index (κ1) is 43.3. The molecule has 1 aliphatic heterocycles. The first-order valence-electron chi connectivity index (χ1n) is 16.7. The second-order valence-corrected chi connectivity index (χ2v) is 12.7. The van der Waals surface area contributed by atoms with Crippen LogP contribution in [0.1, 0.15) is 65.2 Å². The SMILES string of the molecule is CC1/C=C/C(O)CC(O)CC(O)CC(O)CC(O)CC(O)CC(O)CC(O)C(C)C(O)C/C=C/C=C/C=C/C=C/C=C/C=C/C(=O)OC1. The number of carbonyl (C=O) groups excluding carboxylic acids is 1. The normalized spacial score (nSPS) is 40.4. The molecule has 0 saturated heterocycles. The van der Waals surface area contributed by atoms with Crippen molar-refractivity contribution in [3.63, 3.8) is 0 Å². The lowest BCUT2D eigenvalue weighted by Crippen LogP contribution is -2.34. The van der Waals surface area contributed by atoms with E-state index in [2.05, 4.69) is 0 Å². The minimum Gasteiger partial charge on any atom is -0.462 e. The fourth-order valence-corrected chi connectivity index (χ4v) is 5.05. The Balaban J connectivity index is 2.84. The van der Waals surface area contributed by atoms with Gasteiger partial charge in [0, 0.05) is 24.3 Å². The third-order valence-corrected chi connectivity index (χ3v) is 7.86. The molecule has 11 atom stereocenters. The number of aliphatic hydroxyl groups is 9. The maximum atomic E-state index is 11.9. The number of cyclic esters (lactones) is 1. The summed E-state index contributed by atoms with van der Waals surface area (Å²) in [7, 11) is 0. The molecular formula is C37H58O11. The Kier molecular flexibility index (Phi) is 22.8. The second kappa shape index (κ2) is 25.3. The van der Waals surface area contributed by atoms with Crippen molar-refractivity contribution in [2.75, 3.05) is 6.61 Å². The highest BCUT2D eigenvalue weighted by Gasteiger charge is 2.26. The molecule has 0 aromatic carbocycles. The Morgan fingerprint density at radius 3 is 1.44 bits per heavy atom. The molecule has 9 N–H and O–H groups in total. The zero-order chi connectivity index (χ0) is 35.9.